The number of carbonyl (C=O) groups excluding carboxylic acids is 1. The first-order valence-electron chi connectivity index (χ1n) is 6.09. The zero-order valence-corrected chi connectivity index (χ0v) is 10.7. The molecular formula is C12H16N6O. The molecule has 2 heterocycles. The zero-order chi connectivity index (χ0) is 13.7. The third kappa shape index (κ3) is 3.14. The summed E-state index contributed by atoms with van der Waals surface area (Å²) in [6.07, 6.45) is 6.05. The number of amides is 1. The number of hydrogen-bond donors (Lipinski definition) is 2. The van der Waals surface area contributed by atoms with Gasteiger partial charge in [-0.2, -0.15) is 5.10 Å². The largest absolute Gasteiger partial charge is 0.322 e. The molecule has 0 radical (unpaired) electrons. The highest BCUT2D eigenvalue weighted by atomic mass is 16.2. The average Bonchev–Trinajstić information content (AvgIpc) is 2.93. The molecule has 1 amide bonds. The molecule has 0 aliphatic heterocycles. The lowest BCUT2D eigenvalue weighted by atomic mass is 10.1. The van der Waals surface area contributed by atoms with Gasteiger partial charge in [0.1, 0.15) is 12.7 Å². The normalized spacial score (nSPS) is 12.1. The summed E-state index contributed by atoms with van der Waals surface area (Å²) in [7, 11) is 0. The summed E-state index contributed by atoms with van der Waals surface area (Å²) in [6, 6.07) is 2.97. The van der Waals surface area contributed by atoms with Crippen LogP contribution in [0.25, 0.3) is 5.82 Å². The van der Waals surface area contributed by atoms with Crippen LogP contribution >= 0.6 is 0 Å². The van der Waals surface area contributed by atoms with E-state index in [0.29, 0.717) is 17.9 Å². The van der Waals surface area contributed by atoms with Crippen molar-refractivity contribution in [2.45, 2.75) is 25.8 Å². The Kier molecular flexibility index (Phi) is 4.19. The van der Waals surface area contributed by atoms with E-state index in [1.54, 1.807) is 18.3 Å². The van der Waals surface area contributed by atoms with Gasteiger partial charge >= 0.3 is 0 Å². The topological polar surface area (TPSA) is 98.7 Å². The molecule has 0 saturated carbocycles. The molecule has 2 rings (SSSR count). The zero-order valence-electron chi connectivity index (χ0n) is 10.7. The maximum absolute atomic E-state index is 11.9. The van der Waals surface area contributed by atoms with Gasteiger partial charge in [0.05, 0.1) is 11.7 Å². The van der Waals surface area contributed by atoms with Crippen LogP contribution in [0, 0.1) is 0 Å². The fraction of sp³-hybridized carbons (Fsp3) is 0.333. The van der Waals surface area contributed by atoms with Crippen LogP contribution in [-0.4, -0.2) is 31.7 Å². The van der Waals surface area contributed by atoms with Crippen molar-refractivity contribution in [1.82, 2.24) is 19.7 Å². The highest BCUT2D eigenvalue weighted by molar-refractivity contribution is 5.95. The minimum absolute atomic E-state index is 0.226. The summed E-state index contributed by atoms with van der Waals surface area (Å²) < 4.78 is 1.49. The van der Waals surface area contributed by atoms with Gasteiger partial charge in [-0.05, 0) is 18.6 Å². The fourth-order valence-electron chi connectivity index (χ4n) is 1.66. The van der Waals surface area contributed by atoms with E-state index in [0.717, 1.165) is 6.42 Å². The molecule has 2 aromatic heterocycles. The summed E-state index contributed by atoms with van der Waals surface area (Å²) in [4.78, 5) is 20.0. The van der Waals surface area contributed by atoms with Crippen LogP contribution in [0.5, 0.6) is 0 Å². The SMILES string of the molecule is CCC[C@@H](N)C(=O)Nc1cccnc1-n1cncn1. The molecule has 1 atom stereocenters. The highest BCUT2D eigenvalue weighted by Gasteiger charge is 2.15. The molecule has 7 nitrogen and oxygen atoms in total. The van der Waals surface area contributed by atoms with Gasteiger partial charge in [-0.25, -0.2) is 14.6 Å². The molecular weight excluding hydrogens is 244 g/mol. The van der Waals surface area contributed by atoms with Gasteiger partial charge in [0.2, 0.25) is 5.91 Å². The quantitative estimate of drug-likeness (QED) is 0.825. The predicted octanol–water partition coefficient (Wildman–Crippen LogP) is 0.728. The Morgan fingerprint density at radius 1 is 1.58 bits per heavy atom. The van der Waals surface area contributed by atoms with Crippen LogP contribution in [0.15, 0.2) is 31.0 Å². The molecule has 0 aliphatic rings. The Hall–Kier alpha value is -2.28. The second-order valence-electron chi connectivity index (χ2n) is 4.10. The number of aromatic nitrogens is 4. The first-order valence-corrected chi connectivity index (χ1v) is 6.09. The van der Waals surface area contributed by atoms with Crippen molar-refractivity contribution in [1.29, 1.82) is 0 Å². The Balaban J connectivity index is 2.19. The molecule has 3 N–H and O–H groups in total. The van der Waals surface area contributed by atoms with Crippen molar-refractivity contribution in [2.75, 3.05) is 5.32 Å². The van der Waals surface area contributed by atoms with Crippen LogP contribution < -0.4 is 11.1 Å². The minimum atomic E-state index is -0.520. The van der Waals surface area contributed by atoms with Gasteiger partial charge in [-0.15, -0.1) is 0 Å². The number of carbonyl (C=O) groups is 1. The molecule has 2 aromatic rings. The first-order chi connectivity index (χ1) is 9.22. The number of nitrogens with two attached hydrogens (primary N) is 1. The van der Waals surface area contributed by atoms with E-state index >= 15 is 0 Å². The van der Waals surface area contributed by atoms with Crippen molar-refractivity contribution in [3.8, 4) is 5.82 Å². The number of nitrogens with one attached hydrogen (secondary N) is 1. The molecule has 0 aromatic carbocycles. The van der Waals surface area contributed by atoms with Crippen molar-refractivity contribution in [2.24, 2.45) is 5.73 Å². The Labute approximate surface area is 110 Å². The van der Waals surface area contributed by atoms with Crippen molar-refractivity contribution >= 4 is 11.6 Å². The van der Waals surface area contributed by atoms with Crippen LogP contribution in [-0.2, 0) is 4.79 Å². The summed E-state index contributed by atoms with van der Waals surface area (Å²) in [5.74, 6) is 0.285. The molecule has 19 heavy (non-hydrogen) atoms. The molecule has 7 heteroatoms. The first kappa shape index (κ1) is 13.2. The molecule has 0 saturated heterocycles. The van der Waals surface area contributed by atoms with E-state index < -0.39 is 6.04 Å². The third-order valence-electron chi connectivity index (χ3n) is 2.62. The lowest BCUT2D eigenvalue weighted by Crippen LogP contribution is -2.35. The highest BCUT2D eigenvalue weighted by Crippen LogP contribution is 2.16. The standard InChI is InChI=1S/C12H16N6O/c1-2-4-9(13)12(19)17-10-5-3-6-15-11(10)18-8-14-7-16-18/h3,5-9H,2,4,13H2,1H3,(H,17,19)/t9-/m1/s1. The van der Waals surface area contributed by atoms with Gasteiger partial charge in [-0.1, -0.05) is 13.3 Å². The molecule has 0 aliphatic carbocycles. The summed E-state index contributed by atoms with van der Waals surface area (Å²) >= 11 is 0. The number of nitrogens with zero attached hydrogens (tertiary/aromatic N) is 4. The lowest BCUT2D eigenvalue weighted by Gasteiger charge is -2.13. The Bertz CT molecular complexity index is 539. The van der Waals surface area contributed by atoms with Crippen molar-refractivity contribution in [3.05, 3.63) is 31.0 Å². The predicted molar refractivity (Wildman–Crippen MR) is 70.7 cm³/mol. The van der Waals surface area contributed by atoms with Gasteiger partial charge in [0, 0.05) is 6.20 Å². The van der Waals surface area contributed by atoms with E-state index in [2.05, 4.69) is 20.4 Å². The minimum Gasteiger partial charge on any atom is -0.322 e. The molecule has 0 unspecified atom stereocenters. The smallest absolute Gasteiger partial charge is 0.241 e. The summed E-state index contributed by atoms with van der Waals surface area (Å²) in [5, 5.41) is 6.76. The second kappa shape index (κ2) is 6.05. The molecule has 0 bridgehead atoms. The average molecular weight is 260 g/mol. The number of pyridine rings is 1. The van der Waals surface area contributed by atoms with E-state index in [1.165, 1.54) is 17.3 Å². The maximum Gasteiger partial charge on any atom is 0.241 e. The fourth-order valence-corrected chi connectivity index (χ4v) is 1.66. The summed E-state index contributed by atoms with van der Waals surface area (Å²) in [5.41, 5.74) is 6.34. The number of anilines is 1. The van der Waals surface area contributed by atoms with E-state index in [1.807, 2.05) is 6.92 Å². The Morgan fingerprint density at radius 2 is 2.42 bits per heavy atom. The van der Waals surface area contributed by atoms with Crippen LogP contribution in [0.2, 0.25) is 0 Å². The van der Waals surface area contributed by atoms with Crippen molar-refractivity contribution < 1.29 is 4.79 Å². The monoisotopic (exact) mass is 260 g/mol. The number of hydrogen-bond acceptors (Lipinski definition) is 5. The van der Waals surface area contributed by atoms with E-state index in [-0.39, 0.29) is 5.91 Å². The van der Waals surface area contributed by atoms with Crippen LogP contribution in [0.4, 0.5) is 5.69 Å². The molecule has 100 valence electrons. The van der Waals surface area contributed by atoms with Crippen molar-refractivity contribution in [3.63, 3.8) is 0 Å². The van der Waals surface area contributed by atoms with Crippen LogP contribution in [0.3, 0.4) is 0 Å². The summed E-state index contributed by atoms with van der Waals surface area (Å²) in [6.45, 7) is 1.98. The van der Waals surface area contributed by atoms with Gasteiger partial charge < -0.3 is 11.1 Å². The van der Waals surface area contributed by atoms with E-state index in [4.69, 9.17) is 5.73 Å². The van der Waals surface area contributed by atoms with Gasteiger partial charge in [0.15, 0.2) is 5.82 Å². The second-order valence-corrected chi connectivity index (χ2v) is 4.10. The maximum atomic E-state index is 11.9. The lowest BCUT2D eigenvalue weighted by molar-refractivity contribution is -0.117. The Morgan fingerprint density at radius 3 is 3.11 bits per heavy atom. The third-order valence-corrected chi connectivity index (χ3v) is 2.62. The van der Waals surface area contributed by atoms with Gasteiger partial charge in [-0.3, -0.25) is 4.79 Å². The van der Waals surface area contributed by atoms with E-state index in [9.17, 15) is 4.79 Å². The van der Waals surface area contributed by atoms with Gasteiger partial charge in [0.25, 0.3) is 0 Å². The van der Waals surface area contributed by atoms with Crippen LogP contribution in [0.1, 0.15) is 19.8 Å². The molecule has 0 spiro atoms. The number of rotatable bonds is 5. The molecule has 0 fully saturated rings.